The normalized spacial score (nSPS) is 31.3. The van der Waals surface area contributed by atoms with E-state index in [1.807, 2.05) is 0 Å². The molecule has 2 N–H and O–H groups in total. The van der Waals surface area contributed by atoms with Crippen molar-refractivity contribution in [3.05, 3.63) is 0 Å². The van der Waals surface area contributed by atoms with Crippen molar-refractivity contribution in [1.82, 2.24) is 5.32 Å². The summed E-state index contributed by atoms with van der Waals surface area (Å²) >= 11 is 0. The van der Waals surface area contributed by atoms with Crippen LogP contribution in [0.2, 0.25) is 0 Å². The molecule has 1 aliphatic heterocycles. The number of hydrogen-bond donors (Lipinski definition) is 2. The van der Waals surface area contributed by atoms with Crippen LogP contribution in [0.1, 0.15) is 19.8 Å². The molecule has 0 aliphatic carbocycles. The highest BCUT2D eigenvalue weighted by Crippen LogP contribution is 2.17. The van der Waals surface area contributed by atoms with Gasteiger partial charge in [-0.2, -0.15) is 0 Å². The Labute approximate surface area is 66.2 Å². The molecular weight excluding hydrogens is 154 g/mol. The molecule has 1 aliphatic rings. The minimum Gasteiger partial charge on any atom is -0.480 e. The van der Waals surface area contributed by atoms with E-state index in [9.17, 15) is 4.79 Å². The van der Waals surface area contributed by atoms with Gasteiger partial charge in [-0.3, -0.25) is 4.79 Å². The Morgan fingerprint density at radius 3 is 2.50 bits per heavy atom. The van der Waals surface area contributed by atoms with Gasteiger partial charge in [0.15, 0.2) is 0 Å². The van der Waals surface area contributed by atoms with Crippen LogP contribution in [0.15, 0.2) is 0 Å². The van der Waals surface area contributed by atoms with Crippen molar-refractivity contribution in [1.29, 1.82) is 0 Å². The van der Waals surface area contributed by atoms with E-state index in [4.69, 9.17) is 5.11 Å². The number of carbonyl (C=O) groups is 1. The van der Waals surface area contributed by atoms with E-state index in [-0.39, 0.29) is 12.4 Å². The predicted octanol–water partition coefficient (Wildman–Crippen LogP) is 0.635. The van der Waals surface area contributed by atoms with Crippen molar-refractivity contribution in [3.63, 3.8) is 0 Å². The van der Waals surface area contributed by atoms with Gasteiger partial charge in [0.1, 0.15) is 5.54 Å². The SMILES string of the molecule is C[C@@]1(C(=O)O)CCCN1.Cl. The fraction of sp³-hybridized carbons (Fsp3) is 0.833. The third-order valence-electron chi connectivity index (χ3n) is 1.84. The Morgan fingerprint density at radius 2 is 2.30 bits per heavy atom. The van der Waals surface area contributed by atoms with Crippen LogP contribution in [-0.2, 0) is 4.79 Å². The Balaban J connectivity index is 0.000000810. The second-order valence-electron chi connectivity index (χ2n) is 2.67. The molecule has 0 aromatic rings. The molecule has 0 radical (unpaired) electrons. The van der Waals surface area contributed by atoms with E-state index >= 15 is 0 Å². The average Bonchev–Trinajstić information content (AvgIpc) is 2.16. The van der Waals surface area contributed by atoms with Gasteiger partial charge < -0.3 is 10.4 Å². The van der Waals surface area contributed by atoms with Gasteiger partial charge in [0.25, 0.3) is 0 Å². The second-order valence-corrected chi connectivity index (χ2v) is 2.67. The van der Waals surface area contributed by atoms with Crippen LogP contribution in [0.5, 0.6) is 0 Å². The van der Waals surface area contributed by atoms with Crippen LogP contribution in [0.4, 0.5) is 0 Å². The monoisotopic (exact) mass is 165 g/mol. The van der Waals surface area contributed by atoms with E-state index in [0.29, 0.717) is 0 Å². The third kappa shape index (κ3) is 1.61. The first-order valence-electron chi connectivity index (χ1n) is 3.13. The van der Waals surface area contributed by atoms with Gasteiger partial charge in [0.2, 0.25) is 0 Å². The first-order chi connectivity index (χ1) is 4.15. The zero-order valence-corrected chi connectivity index (χ0v) is 6.70. The zero-order chi connectivity index (χ0) is 6.91. The molecule has 1 saturated heterocycles. The van der Waals surface area contributed by atoms with Gasteiger partial charge in [-0.25, -0.2) is 0 Å². The van der Waals surface area contributed by atoms with Crippen molar-refractivity contribution < 1.29 is 9.90 Å². The minimum absolute atomic E-state index is 0. The van der Waals surface area contributed by atoms with Gasteiger partial charge >= 0.3 is 5.97 Å². The summed E-state index contributed by atoms with van der Waals surface area (Å²) in [6, 6.07) is 0. The molecule has 1 fully saturated rings. The standard InChI is InChI=1S/C6H11NO2.ClH/c1-6(5(8)9)3-2-4-7-6;/h7H,2-4H2,1H3,(H,8,9);1H/t6-;/m0./s1. The summed E-state index contributed by atoms with van der Waals surface area (Å²) in [4.78, 5) is 10.5. The van der Waals surface area contributed by atoms with Crippen molar-refractivity contribution in [2.45, 2.75) is 25.3 Å². The summed E-state index contributed by atoms with van der Waals surface area (Å²) < 4.78 is 0. The number of carboxylic acids is 1. The number of nitrogens with one attached hydrogen (secondary N) is 1. The molecule has 0 amide bonds. The van der Waals surface area contributed by atoms with E-state index in [1.54, 1.807) is 6.92 Å². The van der Waals surface area contributed by atoms with E-state index in [2.05, 4.69) is 5.32 Å². The van der Waals surface area contributed by atoms with Gasteiger partial charge in [0, 0.05) is 0 Å². The highest BCUT2D eigenvalue weighted by atomic mass is 35.5. The molecule has 0 unspecified atom stereocenters. The fourth-order valence-corrected chi connectivity index (χ4v) is 1.08. The van der Waals surface area contributed by atoms with Crippen LogP contribution in [0.3, 0.4) is 0 Å². The smallest absolute Gasteiger partial charge is 0.323 e. The molecule has 1 rings (SSSR count). The topological polar surface area (TPSA) is 49.3 Å². The molecular formula is C6H12ClNO2. The molecule has 0 aromatic carbocycles. The molecule has 0 aromatic heterocycles. The molecule has 60 valence electrons. The second kappa shape index (κ2) is 3.21. The molecule has 0 bridgehead atoms. The number of rotatable bonds is 1. The lowest BCUT2D eigenvalue weighted by atomic mass is 10.0. The lowest BCUT2D eigenvalue weighted by Gasteiger charge is -2.16. The Morgan fingerprint density at radius 1 is 1.70 bits per heavy atom. The number of hydrogen-bond acceptors (Lipinski definition) is 2. The Bertz CT molecular complexity index is 132. The van der Waals surface area contributed by atoms with Gasteiger partial charge in [-0.05, 0) is 26.3 Å². The Kier molecular flexibility index (Phi) is 3.12. The van der Waals surface area contributed by atoms with Crippen molar-refractivity contribution in [2.75, 3.05) is 6.54 Å². The van der Waals surface area contributed by atoms with E-state index in [1.165, 1.54) is 0 Å². The summed E-state index contributed by atoms with van der Waals surface area (Å²) in [5, 5.41) is 11.5. The van der Waals surface area contributed by atoms with Crippen LogP contribution >= 0.6 is 12.4 Å². The molecule has 3 nitrogen and oxygen atoms in total. The summed E-state index contributed by atoms with van der Waals surface area (Å²) in [5.74, 6) is -0.736. The maximum atomic E-state index is 10.5. The number of aliphatic carboxylic acids is 1. The molecule has 0 spiro atoms. The number of halogens is 1. The quantitative estimate of drug-likeness (QED) is 0.600. The summed E-state index contributed by atoms with van der Waals surface area (Å²) in [6.45, 7) is 2.56. The van der Waals surface area contributed by atoms with E-state index in [0.717, 1.165) is 19.4 Å². The molecule has 0 saturated carbocycles. The molecule has 10 heavy (non-hydrogen) atoms. The number of carboxylic acid groups (broad SMARTS) is 1. The minimum atomic E-state index is -0.736. The first-order valence-corrected chi connectivity index (χ1v) is 3.13. The highest BCUT2D eigenvalue weighted by molar-refractivity contribution is 5.85. The fourth-order valence-electron chi connectivity index (χ4n) is 1.08. The first kappa shape index (κ1) is 9.72. The Hall–Kier alpha value is -0.280. The van der Waals surface area contributed by atoms with Crippen LogP contribution in [0, 0.1) is 0 Å². The summed E-state index contributed by atoms with van der Waals surface area (Å²) in [7, 11) is 0. The lowest BCUT2D eigenvalue weighted by Crippen LogP contribution is -2.44. The molecule has 1 heterocycles. The van der Waals surface area contributed by atoms with E-state index < -0.39 is 11.5 Å². The van der Waals surface area contributed by atoms with Crippen molar-refractivity contribution in [3.8, 4) is 0 Å². The van der Waals surface area contributed by atoms with Crippen LogP contribution in [-0.4, -0.2) is 23.2 Å². The summed E-state index contributed by atoms with van der Waals surface area (Å²) in [5.41, 5.74) is -0.639. The van der Waals surface area contributed by atoms with Gasteiger partial charge in [0.05, 0.1) is 0 Å². The maximum absolute atomic E-state index is 10.5. The van der Waals surface area contributed by atoms with Gasteiger partial charge in [-0.1, -0.05) is 0 Å². The molecule has 4 heteroatoms. The van der Waals surface area contributed by atoms with Crippen LogP contribution < -0.4 is 5.32 Å². The predicted molar refractivity (Wildman–Crippen MR) is 40.5 cm³/mol. The summed E-state index contributed by atoms with van der Waals surface area (Å²) in [6.07, 6.45) is 1.73. The highest BCUT2D eigenvalue weighted by Gasteiger charge is 2.35. The maximum Gasteiger partial charge on any atom is 0.323 e. The zero-order valence-electron chi connectivity index (χ0n) is 5.89. The average molecular weight is 166 g/mol. The largest absolute Gasteiger partial charge is 0.480 e. The third-order valence-corrected chi connectivity index (χ3v) is 1.84. The molecule has 1 atom stereocenters. The van der Waals surface area contributed by atoms with Gasteiger partial charge in [-0.15, -0.1) is 12.4 Å². The van der Waals surface area contributed by atoms with Crippen molar-refractivity contribution in [2.24, 2.45) is 0 Å². The lowest BCUT2D eigenvalue weighted by molar-refractivity contribution is -0.143. The van der Waals surface area contributed by atoms with Crippen LogP contribution in [0.25, 0.3) is 0 Å². The van der Waals surface area contributed by atoms with Crippen molar-refractivity contribution >= 4 is 18.4 Å².